The lowest BCUT2D eigenvalue weighted by Gasteiger charge is -2.18. The van der Waals surface area contributed by atoms with E-state index in [1.165, 1.54) is 0 Å². The van der Waals surface area contributed by atoms with Crippen LogP contribution in [0.2, 0.25) is 0 Å². The first-order valence-electron chi connectivity index (χ1n) is 9.32. The molecule has 0 aliphatic carbocycles. The number of rotatable bonds is 7. The van der Waals surface area contributed by atoms with Crippen molar-refractivity contribution in [1.29, 1.82) is 0 Å². The third-order valence-corrected chi connectivity index (χ3v) is 4.67. The Hall–Kier alpha value is -2.66. The van der Waals surface area contributed by atoms with Crippen molar-refractivity contribution in [2.45, 2.75) is 38.7 Å². The number of benzene rings is 2. The first-order chi connectivity index (χ1) is 12.8. The Morgan fingerprint density at radius 3 is 2.67 bits per heavy atom. The first kappa shape index (κ1) is 19.1. The fourth-order valence-electron chi connectivity index (χ4n) is 3.03. The topological polar surface area (TPSA) is 69.2 Å². The summed E-state index contributed by atoms with van der Waals surface area (Å²) in [5.41, 5.74) is 3.00. The molecule has 2 aromatic carbocycles. The number of aromatic amines is 1. The molecule has 3 rings (SSSR count). The summed E-state index contributed by atoms with van der Waals surface area (Å²) in [4.78, 5) is 22.3. The molecule has 1 aromatic heterocycles. The quantitative estimate of drug-likeness (QED) is 0.672. The van der Waals surface area contributed by atoms with Gasteiger partial charge in [0.2, 0.25) is 0 Å². The Morgan fingerprint density at radius 1 is 1.15 bits per heavy atom. The normalized spacial score (nSPS) is 11.7. The number of carbonyl (C=O) groups excluding carboxylic acids is 1. The lowest BCUT2D eigenvalue weighted by atomic mass is 9.98. The number of aromatic nitrogens is 2. The molecule has 1 heterocycles. The highest BCUT2D eigenvalue weighted by atomic mass is 16.3. The SMILES string of the molecule is CN(CCc1nc2ccccc2[nH]1)C(=O)c1cccc(CCC(C)(C)O)c1. The minimum absolute atomic E-state index is 0.00350. The van der Waals surface area contributed by atoms with Gasteiger partial charge < -0.3 is 15.0 Å². The molecule has 27 heavy (non-hydrogen) atoms. The lowest BCUT2D eigenvalue weighted by Crippen LogP contribution is -2.29. The maximum atomic E-state index is 12.7. The molecule has 5 heteroatoms. The van der Waals surface area contributed by atoms with Gasteiger partial charge in [-0.2, -0.15) is 0 Å². The molecule has 142 valence electrons. The molecule has 5 nitrogen and oxygen atoms in total. The summed E-state index contributed by atoms with van der Waals surface area (Å²) in [6.45, 7) is 4.19. The molecule has 2 N–H and O–H groups in total. The van der Waals surface area contributed by atoms with Gasteiger partial charge in [0.1, 0.15) is 5.82 Å². The van der Waals surface area contributed by atoms with E-state index < -0.39 is 5.60 Å². The van der Waals surface area contributed by atoms with Crippen molar-refractivity contribution in [2.75, 3.05) is 13.6 Å². The van der Waals surface area contributed by atoms with Crippen molar-refractivity contribution < 1.29 is 9.90 Å². The molecule has 0 unspecified atom stereocenters. The number of hydrogen-bond acceptors (Lipinski definition) is 3. The second kappa shape index (κ2) is 7.92. The summed E-state index contributed by atoms with van der Waals surface area (Å²) in [7, 11) is 1.81. The number of carbonyl (C=O) groups is 1. The molecule has 3 aromatic rings. The number of para-hydroxylation sites is 2. The van der Waals surface area contributed by atoms with E-state index in [0.717, 1.165) is 28.8 Å². The van der Waals surface area contributed by atoms with E-state index in [-0.39, 0.29) is 5.91 Å². The average Bonchev–Trinajstić information content (AvgIpc) is 3.06. The van der Waals surface area contributed by atoms with Gasteiger partial charge in [0.15, 0.2) is 0 Å². The third-order valence-electron chi connectivity index (χ3n) is 4.67. The zero-order valence-electron chi connectivity index (χ0n) is 16.2. The van der Waals surface area contributed by atoms with Crippen LogP contribution in [-0.4, -0.2) is 45.1 Å². The molecular formula is C22H27N3O2. The van der Waals surface area contributed by atoms with Gasteiger partial charge >= 0.3 is 0 Å². The summed E-state index contributed by atoms with van der Waals surface area (Å²) in [5.74, 6) is 0.881. The minimum Gasteiger partial charge on any atom is -0.390 e. The number of hydrogen-bond donors (Lipinski definition) is 2. The Morgan fingerprint density at radius 2 is 1.93 bits per heavy atom. The maximum absolute atomic E-state index is 12.7. The van der Waals surface area contributed by atoms with E-state index in [1.807, 2.05) is 55.6 Å². The molecule has 0 aliphatic heterocycles. The predicted molar refractivity (Wildman–Crippen MR) is 108 cm³/mol. The van der Waals surface area contributed by atoms with Crippen LogP contribution in [0.5, 0.6) is 0 Å². The van der Waals surface area contributed by atoms with Crippen molar-refractivity contribution in [1.82, 2.24) is 14.9 Å². The summed E-state index contributed by atoms with van der Waals surface area (Å²) < 4.78 is 0. The lowest BCUT2D eigenvalue weighted by molar-refractivity contribution is 0.0714. The van der Waals surface area contributed by atoms with Gasteiger partial charge in [0.25, 0.3) is 5.91 Å². The Bertz CT molecular complexity index is 891. The Kier molecular flexibility index (Phi) is 5.61. The molecular weight excluding hydrogens is 338 g/mol. The van der Waals surface area contributed by atoms with Gasteiger partial charge in [-0.3, -0.25) is 4.79 Å². The smallest absolute Gasteiger partial charge is 0.253 e. The van der Waals surface area contributed by atoms with Crippen LogP contribution in [-0.2, 0) is 12.8 Å². The monoisotopic (exact) mass is 365 g/mol. The highest BCUT2D eigenvalue weighted by molar-refractivity contribution is 5.94. The van der Waals surface area contributed by atoms with Crippen molar-refractivity contribution in [3.05, 3.63) is 65.5 Å². The number of nitrogens with zero attached hydrogens (tertiary/aromatic N) is 2. The van der Waals surface area contributed by atoms with Crippen LogP contribution in [0.25, 0.3) is 11.0 Å². The maximum Gasteiger partial charge on any atom is 0.253 e. The second-order valence-corrected chi connectivity index (χ2v) is 7.69. The molecule has 0 aliphatic rings. The number of imidazole rings is 1. The zero-order chi connectivity index (χ0) is 19.4. The number of nitrogens with one attached hydrogen (secondary N) is 1. The number of likely N-dealkylation sites (N-methyl/N-ethyl adjacent to an activating group) is 1. The predicted octanol–water partition coefficient (Wildman–Crippen LogP) is 3.58. The molecule has 1 amide bonds. The molecule has 0 spiro atoms. The van der Waals surface area contributed by atoms with E-state index in [4.69, 9.17) is 0 Å². The minimum atomic E-state index is -0.705. The van der Waals surface area contributed by atoms with Crippen LogP contribution in [0.15, 0.2) is 48.5 Å². The molecule has 0 saturated carbocycles. The van der Waals surface area contributed by atoms with Gasteiger partial charge in [-0.05, 0) is 56.5 Å². The van der Waals surface area contributed by atoms with Crippen molar-refractivity contribution >= 4 is 16.9 Å². The third kappa shape index (κ3) is 5.17. The molecule has 0 radical (unpaired) electrons. The largest absolute Gasteiger partial charge is 0.390 e. The van der Waals surface area contributed by atoms with E-state index in [0.29, 0.717) is 24.9 Å². The number of fused-ring (bicyclic) bond motifs is 1. The van der Waals surface area contributed by atoms with E-state index >= 15 is 0 Å². The van der Waals surface area contributed by atoms with Crippen molar-refractivity contribution in [3.8, 4) is 0 Å². The van der Waals surface area contributed by atoms with Crippen LogP contribution < -0.4 is 0 Å². The second-order valence-electron chi connectivity index (χ2n) is 7.69. The van der Waals surface area contributed by atoms with Gasteiger partial charge in [-0.15, -0.1) is 0 Å². The Balaban J connectivity index is 1.61. The van der Waals surface area contributed by atoms with Crippen LogP contribution in [0.4, 0.5) is 0 Å². The van der Waals surface area contributed by atoms with Gasteiger partial charge in [0.05, 0.1) is 16.6 Å². The summed E-state index contributed by atoms with van der Waals surface area (Å²) in [6, 6.07) is 15.6. The van der Waals surface area contributed by atoms with Gasteiger partial charge in [-0.25, -0.2) is 4.98 Å². The molecule has 0 atom stereocenters. The summed E-state index contributed by atoms with van der Waals surface area (Å²) in [6.07, 6.45) is 2.08. The summed E-state index contributed by atoms with van der Waals surface area (Å²) >= 11 is 0. The number of amides is 1. The number of aliphatic hydroxyl groups is 1. The van der Waals surface area contributed by atoms with E-state index in [9.17, 15) is 9.90 Å². The van der Waals surface area contributed by atoms with Crippen LogP contribution >= 0.6 is 0 Å². The molecule has 0 bridgehead atoms. The van der Waals surface area contributed by atoms with E-state index in [1.54, 1.807) is 18.7 Å². The van der Waals surface area contributed by atoms with Crippen molar-refractivity contribution in [2.24, 2.45) is 0 Å². The Labute approximate surface area is 160 Å². The first-order valence-corrected chi connectivity index (χ1v) is 9.32. The average molecular weight is 365 g/mol. The van der Waals surface area contributed by atoms with Gasteiger partial charge in [0, 0.05) is 25.6 Å². The van der Waals surface area contributed by atoms with Gasteiger partial charge in [-0.1, -0.05) is 24.3 Å². The summed E-state index contributed by atoms with van der Waals surface area (Å²) in [5, 5.41) is 9.89. The number of H-pyrrole nitrogens is 1. The highest BCUT2D eigenvalue weighted by Crippen LogP contribution is 2.16. The fraction of sp³-hybridized carbons (Fsp3) is 0.364. The molecule has 0 saturated heterocycles. The fourth-order valence-corrected chi connectivity index (χ4v) is 3.03. The number of aryl methyl sites for hydroxylation is 1. The molecule has 0 fully saturated rings. The zero-order valence-corrected chi connectivity index (χ0v) is 16.2. The van der Waals surface area contributed by atoms with Crippen LogP contribution in [0, 0.1) is 0 Å². The van der Waals surface area contributed by atoms with E-state index in [2.05, 4.69) is 9.97 Å². The van der Waals surface area contributed by atoms with Crippen LogP contribution in [0.3, 0.4) is 0 Å². The van der Waals surface area contributed by atoms with Crippen LogP contribution in [0.1, 0.15) is 42.0 Å². The highest BCUT2D eigenvalue weighted by Gasteiger charge is 2.15. The standard InChI is InChI=1S/C22H27N3O2/c1-22(2,27)13-11-16-7-6-8-17(15-16)21(26)25(3)14-12-20-23-18-9-4-5-10-19(18)24-20/h4-10,15,27H,11-14H2,1-3H3,(H,23,24). The van der Waals surface area contributed by atoms with Crippen molar-refractivity contribution in [3.63, 3.8) is 0 Å².